The van der Waals surface area contributed by atoms with E-state index in [2.05, 4.69) is 20.8 Å². The molecule has 228 valence electrons. The fourth-order valence-corrected chi connectivity index (χ4v) is 6.41. The molecule has 7 heteroatoms. The van der Waals surface area contributed by atoms with Crippen LogP contribution < -0.4 is 5.14 Å². The first-order valence-corrected chi connectivity index (χ1v) is 15.9. The van der Waals surface area contributed by atoms with Crippen LogP contribution in [0.5, 0.6) is 0 Å². The van der Waals surface area contributed by atoms with Crippen LogP contribution in [0.3, 0.4) is 0 Å². The van der Waals surface area contributed by atoms with Gasteiger partial charge < -0.3 is 0 Å². The minimum Gasteiger partial charge on any atom is -0.242 e. The van der Waals surface area contributed by atoms with Crippen molar-refractivity contribution in [1.82, 2.24) is 3.97 Å². The molecule has 1 heterocycles. The highest BCUT2D eigenvalue weighted by Crippen LogP contribution is 2.53. The molecule has 0 atom stereocenters. The third kappa shape index (κ3) is 6.32. The Balaban J connectivity index is 1.62. The van der Waals surface area contributed by atoms with Crippen molar-refractivity contribution in [1.29, 1.82) is 0 Å². The average Bonchev–Trinajstić information content (AvgIpc) is 3.60. The summed E-state index contributed by atoms with van der Waals surface area (Å²) in [6.45, 7) is 6.34. The molecule has 1 aliphatic carbocycles. The van der Waals surface area contributed by atoms with Crippen molar-refractivity contribution >= 4 is 28.4 Å². The quantitative estimate of drug-likeness (QED) is 0.187. The predicted molar refractivity (Wildman–Crippen MR) is 180 cm³/mol. The third-order valence-corrected chi connectivity index (χ3v) is 8.80. The molecule has 0 amide bonds. The molecule has 45 heavy (non-hydrogen) atoms. The van der Waals surface area contributed by atoms with Gasteiger partial charge in [0.25, 0.3) is 0 Å². The van der Waals surface area contributed by atoms with Crippen LogP contribution >= 0.6 is 11.2 Å². The van der Waals surface area contributed by atoms with E-state index in [4.69, 9.17) is 5.14 Å². The van der Waals surface area contributed by atoms with Crippen LogP contribution in [0, 0.1) is 11.6 Å². The van der Waals surface area contributed by atoms with Crippen molar-refractivity contribution < 1.29 is 16.6 Å². The maximum atomic E-state index is 15.6. The molecule has 0 bridgehead atoms. The first-order valence-electron chi connectivity index (χ1n) is 14.5. The number of allylic oxidation sites excluding steroid dienone is 5. The molecule has 0 fully saturated rings. The fraction of sp³-hybridized carbons (Fsp3) is 0.105. The number of rotatable bonds is 6. The zero-order valence-electron chi connectivity index (χ0n) is 25.1. The number of benzene rings is 4. The van der Waals surface area contributed by atoms with Gasteiger partial charge in [-0.3, -0.25) is 0 Å². The van der Waals surface area contributed by atoms with Crippen molar-refractivity contribution in [3.05, 3.63) is 161 Å². The SMILES string of the molecule is CC(C)(C)c1ccc(-c2cc(-c3ccc(F)cc3)n(S(N)(F)F)c2/C=C2\C=C(c3ccc(F)cc3)C=C2c2ccccc2)cc1. The summed E-state index contributed by atoms with van der Waals surface area (Å²) in [5, 5.41) is 5.69. The molecule has 0 unspecified atom stereocenters. The van der Waals surface area contributed by atoms with Gasteiger partial charge in [-0.25, -0.2) is 17.9 Å². The molecular formula is C38H32F4N2S. The summed E-state index contributed by atoms with van der Waals surface area (Å²) in [4.78, 5) is 0. The molecule has 0 saturated heterocycles. The van der Waals surface area contributed by atoms with Crippen molar-refractivity contribution in [2.75, 3.05) is 0 Å². The number of nitrogens with two attached hydrogens (primary N) is 1. The lowest BCUT2D eigenvalue weighted by Gasteiger charge is -2.23. The summed E-state index contributed by atoms with van der Waals surface area (Å²) < 4.78 is 59.8. The van der Waals surface area contributed by atoms with E-state index in [1.807, 2.05) is 66.7 Å². The summed E-state index contributed by atoms with van der Waals surface area (Å²) in [7, 11) is 0. The van der Waals surface area contributed by atoms with Crippen molar-refractivity contribution in [2.45, 2.75) is 26.2 Å². The highest BCUT2D eigenvalue weighted by Gasteiger charge is 2.30. The van der Waals surface area contributed by atoms with Crippen molar-refractivity contribution in [3.63, 3.8) is 0 Å². The summed E-state index contributed by atoms with van der Waals surface area (Å²) >= 11 is -4.84. The normalized spacial score (nSPS) is 14.9. The fourth-order valence-electron chi connectivity index (χ4n) is 5.58. The van der Waals surface area contributed by atoms with Gasteiger partial charge in [0.1, 0.15) is 11.6 Å². The summed E-state index contributed by atoms with van der Waals surface area (Å²) in [6, 6.07) is 30.9. The van der Waals surface area contributed by atoms with Crippen LogP contribution in [0.1, 0.15) is 43.2 Å². The van der Waals surface area contributed by atoms with Gasteiger partial charge in [0.05, 0.1) is 11.4 Å². The second-order valence-electron chi connectivity index (χ2n) is 12.1. The Morgan fingerprint density at radius 3 is 1.78 bits per heavy atom. The summed E-state index contributed by atoms with van der Waals surface area (Å²) in [5.74, 6) is -0.812. The zero-order valence-corrected chi connectivity index (χ0v) is 25.9. The smallest absolute Gasteiger partial charge is 0.206 e. The molecule has 0 saturated carbocycles. The molecule has 2 nitrogen and oxygen atoms in total. The van der Waals surface area contributed by atoms with Gasteiger partial charge in [-0.2, -0.15) is 0 Å². The predicted octanol–water partition coefficient (Wildman–Crippen LogP) is 11.2. The first-order chi connectivity index (χ1) is 21.4. The number of nitrogens with zero attached hydrogens (tertiary/aromatic N) is 1. The average molecular weight is 625 g/mol. The minimum atomic E-state index is -4.84. The van der Waals surface area contributed by atoms with Crippen LogP contribution in [0.15, 0.2) is 127 Å². The van der Waals surface area contributed by atoms with Gasteiger partial charge in [0.2, 0.25) is 11.2 Å². The Bertz CT molecular complexity index is 1940. The van der Waals surface area contributed by atoms with Gasteiger partial charge in [-0.1, -0.05) is 87.5 Å². The monoisotopic (exact) mass is 624 g/mol. The standard InChI is InChI=1S/C38H32F4N2S/c1-38(2,3)31-15-9-27(10-16-31)35-24-36(28-13-19-33(40)20-14-28)44(45(41,42)43)37(35)23-30-21-29(25-11-17-32(39)18-12-25)22-34(30)26-7-5-4-6-8-26/h4-24H,43H2,1-3H3/b30-23+. The third-order valence-electron chi connectivity index (χ3n) is 7.92. The molecule has 4 aromatic carbocycles. The minimum absolute atomic E-state index is 0.0935. The number of hydrogen-bond acceptors (Lipinski definition) is 1. The van der Waals surface area contributed by atoms with Crippen molar-refractivity contribution in [2.24, 2.45) is 5.14 Å². The van der Waals surface area contributed by atoms with E-state index in [0.29, 0.717) is 16.7 Å². The van der Waals surface area contributed by atoms with E-state index < -0.39 is 17.0 Å². The highest BCUT2D eigenvalue weighted by molar-refractivity contribution is 8.22. The molecule has 1 aliphatic rings. The van der Waals surface area contributed by atoms with Crippen molar-refractivity contribution in [3.8, 4) is 22.4 Å². The lowest BCUT2D eigenvalue weighted by atomic mass is 9.86. The van der Waals surface area contributed by atoms with Gasteiger partial charge >= 0.3 is 0 Å². The summed E-state index contributed by atoms with van der Waals surface area (Å²) in [5.41, 5.74) is 7.19. The number of halogens is 4. The first kappa shape index (κ1) is 30.4. The number of aromatic nitrogens is 1. The van der Waals surface area contributed by atoms with E-state index in [1.165, 1.54) is 36.4 Å². The molecule has 6 rings (SSSR count). The van der Waals surface area contributed by atoms with Crippen LogP contribution in [0.2, 0.25) is 0 Å². The Morgan fingerprint density at radius 1 is 0.667 bits per heavy atom. The Kier molecular flexibility index (Phi) is 7.93. The van der Waals surface area contributed by atoms with Gasteiger partial charge in [0, 0.05) is 5.56 Å². The Morgan fingerprint density at radius 2 is 1.22 bits per heavy atom. The lowest BCUT2D eigenvalue weighted by Crippen LogP contribution is -2.12. The van der Waals surface area contributed by atoms with E-state index in [0.717, 1.165) is 37.4 Å². The number of hydrogen-bond donors (Lipinski definition) is 1. The van der Waals surface area contributed by atoms with Gasteiger partial charge in [-0.05, 0) is 111 Å². The van der Waals surface area contributed by atoms with Gasteiger partial charge in [0.15, 0.2) is 0 Å². The molecule has 1 aromatic heterocycles. The Hall–Kier alpha value is -4.59. The highest BCUT2D eigenvalue weighted by atomic mass is 32.3. The second kappa shape index (κ2) is 11.7. The van der Waals surface area contributed by atoms with Gasteiger partial charge in [-0.15, -0.1) is 7.77 Å². The second-order valence-corrected chi connectivity index (χ2v) is 13.4. The van der Waals surface area contributed by atoms with E-state index in [9.17, 15) is 8.78 Å². The molecule has 0 spiro atoms. The Labute approximate surface area is 263 Å². The molecule has 0 aliphatic heterocycles. The van der Waals surface area contributed by atoms with E-state index >= 15 is 7.77 Å². The maximum Gasteiger partial charge on any atom is 0.206 e. The molecular weight excluding hydrogens is 592 g/mol. The van der Waals surface area contributed by atoms with E-state index in [1.54, 1.807) is 24.3 Å². The zero-order chi connectivity index (χ0) is 31.9. The molecule has 2 N–H and O–H groups in total. The lowest BCUT2D eigenvalue weighted by molar-refractivity contribution is 0.590. The topological polar surface area (TPSA) is 30.9 Å². The van der Waals surface area contributed by atoms with E-state index in [-0.39, 0.29) is 22.6 Å². The van der Waals surface area contributed by atoms with Crippen LogP contribution in [0.25, 0.3) is 39.6 Å². The maximum absolute atomic E-state index is 15.6. The molecule has 5 aromatic rings. The van der Waals surface area contributed by atoms with Crippen LogP contribution in [0.4, 0.5) is 16.6 Å². The van der Waals surface area contributed by atoms with Crippen LogP contribution in [-0.4, -0.2) is 3.97 Å². The van der Waals surface area contributed by atoms with Crippen LogP contribution in [-0.2, 0) is 5.41 Å². The largest absolute Gasteiger partial charge is 0.242 e. The summed E-state index contributed by atoms with van der Waals surface area (Å²) in [6.07, 6.45) is 5.64. The molecule has 0 radical (unpaired) electrons.